The van der Waals surface area contributed by atoms with E-state index >= 15 is 0 Å². The van der Waals surface area contributed by atoms with Crippen molar-refractivity contribution >= 4 is 45.9 Å². The molecular weight excluding hydrogens is 570 g/mol. The zero-order valence-electron chi connectivity index (χ0n) is 24.1. The molecule has 2 amide bonds. The Morgan fingerprint density at radius 1 is 1.14 bits per heavy atom. The van der Waals surface area contributed by atoms with Gasteiger partial charge in [-0.05, 0) is 50.4 Å². The molecule has 1 unspecified atom stereocenters. The summed E-state index contributed by atoms with van der Waals surface area (Å²) in [6.45, 7) is 2.63. The van der Waals surface area contributed by atoms with Crippen LogP contribution in [0.5, 0.6) is 6.01 Å². The SMILES string of the molecule is CN1CCC[C@H]1COc1nc2c(c(N3CCN(C(=O)O)C(CC#N)C3)n1)CCC(=O)N(c1cccc3cccc(Cl)c13)C2. The van der Waals surface area contributed by atoms with Crippen molar-refractivity contribution in [3.63, 3.8) is 0 Å². The summed E-state index contributed by atoms with van der Waals surface area (Å²) >= 11 is 6.65. The Morgan fingerprint density at radius 2 is 1.95 bits per heavy atom. The van der Waals surface area contributed by atoms with Gasteiger partial charge in [0.25, 0.3) is 0 Å². The van der Waals surface area contributed by atoms with Gasteiger partial charge in [-0.1, -0.05) is 35.9 Å². The number of piperazine rings is 1. The molecule has 6 rings (SSSR count). The van der Waals surface area contributed by atoms with Crippen molar-refractivity contribution in [1.82, 2.24) is 19.8 Å². The first-order valence-corrected chi connectivity index (χ1v) is 15.0. The molecule has 224 valence electrons. The highest BCUT2D eigenvalue weighted by Gasteiger charge is 2.35. The predicted molar refractivity (Wildman–Crippen MR) is 163 cm³/mol. The molecule has 4 heterocycles. The van der Waals surface area contributed by atoms with Gasteiger partial charge in [-0.15, -0.1) is 0 Å². The predicted octanol–water partition coefficient (Wildman–Crippen LogP) is 4.32. The molecule has 43 heavy (non-hydrogen) atoms. The number of amides is 2. The van der Waals surface area contributed by atoms with E-state index in [0.717, 1.165) is 41.4 Å². The van der Waals surface area contributed by atoms with Gasteiger partial charge >= 0.3 is 12.1 Å². The highest BCUT2D eigenvalue weighted by atomic mass is 35.5. The maximum atomic E-state index is 13.7. The third kappa shape index (κ3) is 5.77. The monoisotopic (exact) mass is 603 g/mol. The largest absolute Gasteiger partial charge is 0.465 e. The second kappa shape index (κ2) is 12.2. The van der Waals surface area contributed by atoms with Gasteiger partial charge in [0.05, 0.1) is 41.5 Å². The van der Waals surface area contributed by atoms with Gasteiger partial charge in [0.15, 0.2) is 0 Å². The molecule has 0 aliphatic carbocycles. The van der Waals surface area contributed by atoms with Crippen molar-refractivity contribution in [2.45, 2.75) is 50.7 Å². The first kappa shape index (κ1) is 29.0. The number of carbonyl (C=O) groups excluding carboxylic acids is 1. The molecule has 11 nitrogen and oxygen atoms in total. The summed E-state index contributed by atoms with van der Waals surface area (Å²) in [7, 11) is 2.08. The minimum Gasteiger partial charge on any atom is -0.465 e. The molecule has 3 aliphatic rings. The Balaban J connectivity index is 1.39. The molecule has 0 spiro atoms. The smallest absolute Gasteiger partial charge is 0.407 e. The van der Waals surface area contributed by atoms with Gasteiger partial charge in [0.1, 0.15) is 12.4 Å². The van der Waals surface area contributed by atoms with Gasteiger partial charge < -0.3 is 29.4 Å². The number of likely N-dealkylation sites (tertiary alicyclic amines) is 1. The molecular formula is C31H34ClN7O4. The Hall–Kier alpha value is -4.14. The van der Waals surface area contributed by atoms with Gasteiger partial charge in [-0.3, -0.25) is 4.79 Å². The third-order valence-electron chi connectivity index (χ3n) is 8.80. The highest BCUT2D eigenvalue weighted by Crippen LogP contribution is 2.37. The van der Waals surface area contributed by atoms with Crippen LogP contribution in [0.25, 0.3) is 10.8 Å². The summed E-state index contributed by atoms with van der Waals surface area (Å²) in [6.07, 6.45) is 1.84. The van der Waals surface area contributed by atoms with Crippen molar-refractivity contribution in [2.75, 3.05) is 49.6 Å². The lowest BCUT2D eigenvalue weighted by molar-refractivity contribution is -0.118. The highest BCUT2D eigenvalue weighted by molar-refractivity contribution is 6.37. The maximum Gasteiger partial charge on any atom is 0.407 e. The number of carboxylic acid groups (broad SMARTS) is 1. The van der Waals surface area contributed by atoms with E-state index in [1.165, 1.54) is 4.90 Å². The summed E-state index contributed by atoms with van der Waals surface area (Å²) in [6, 6.07) is 13.6. The normalized spacial score (nSPS) is 21.0. The number of fused-ring (bicyclic) bond motifs is 2. The van der Waals surface area contributed by atoms with E-state index in [4.69, 9.17) is 26.3 Å². The fourth-order valence-electron chi connectivity index (χ4n) is 6.47. The van der Waals surface area contributed by atoms with Crippen molar-refractivity contribution < 1.29 is 19.4 Å². The fraction of sp³-hybridized carbons (Fsp3) is 0.452. The summed E-state index contributed by atoms with van der Waals surface area (Å²) in [5.74, 6) is 0.586. The number of nitrogens with zero attached hydrogens (tertiary/aromatic N) is 7. The number of rotatable bonds is 6. The van der Waals surface area contributed by atoms with Crippen LogP contribution in [-0.4, -0.2) is 88.8 Å². The number of hydrogen-bond acceptors (Lipinski definition) is 8. The van der Waals surface area contributed by atoms with E-state index in [9.17, 15) is 20.0 Å². The Morgan fingerprint density at radius 3 is 2.70 bits per heavy atom. The number of halogens is 1. The molecule has 0 saturated carbocycles. The molecule has 0 bridgehead atoms. The Labute approximate surface area is 255 Å². The minimum atomic E-state index is -1.04. The standard InChI is InChI=1S/C31H34ClN7O4/c1-36-14-4-7-22(36)19-43-30-34-25-18-39(26-9-3-6-20-5-2-8-24(32)28(20)26)27(40)11-10-23(25)29(35-30)37-15-16-38(31(41)42)21(17-37)12-13-33/h2-3,5-6,8-9,21-22H,4,7,10-12,14-19H2,1H3,(H,41,42)/t21?,22-/m0/s1. The first-order chi connectivity index (χ1) is 20.8. The van der Waals surface area contributed by atoms with E-state index in [-0.39, 0.29) is 43.9 Å². The van der Waals surface area contributed by atoms with Crippen molar-refractivity contribution in [1.29, 1.82) is 5.26 Å². The number of nitriles is 1. The van der Waals surface area contributed by atoms with Crippen LogP contribution in [0.2, 0.25) is 5.02 Å². The maximum absolute atomic E-state index is 13.7. The molecule has 2 fully saturated rings. The topological polar surface area (TPSA) is 126 Å². The lowest BCUT2D eigenvalue weighted by atomic mass is 10.1. The van der Waals surface area contributed by atoms with Crippen molar-refractivity contribution in [2.24, 2.45) is 0 Å². The molecule has 2 saturated heterocycles. The average Bonchev–Trinajstić information content (AvgIpc) is 3.33. The molecule has 2 aromatic carbocycles. The Bertz CT molecular complexity index is 1590. The van der Waals surface area contributed by atoms with Gasteiger partial charge in [0, 0.05) is 43.0 Å². The van der Waals surface area contributed by atoms with Crippen LogP contribution in [0.1, 0.15) is 36.9 Å². The van der Waals surface area contributed by atoms with E-state index < -0.39 is 12.1 Å². The Kier molecular flexibility index (Phi) is 8.23. The first-order valence-electron chi connectivity index (χ1n) is 14.7. The van der Waals surface area contributed by atoms with Crippen LogP contribution in [0, 0.1) is 11.3 Å². The number of benzene rings is 2. The number of ether oxygens (including phenoxy) is 1. The number of carbonyl (C=O) groups is 2. The number of anilines is 2. The van der Waals surface area contributed by atoms with Crippen molar-refractivity contribution in [3.05, 3.63) is 52.7 Å². The van der Waals surface area contributed by atoms with Crippen LogP contribution in [0.3, 0.4) is 0 Å². The molecule has 12 heteroatoms. The number of aromatic nitrogens is 2. The van der Waals surface area contributed by atoms with Crippen LogP contribution < -0.4 is 14.5 Å². The molecule has 3 aliphatic heterocycles. The minimum absolute atomic E-state index is 0.0514. The molecule has 1 aromatic heterocycles. The van der Waals surface area contributed by atoms with Crippen LogP contribution in [0.4, 0.5) is 16.3 Å². The summed E-state index contributed by atoms with van der Waals surface area (Å²) in [5.41, 5.74) is 2.25. The summed E-state index contributed by atoms with van der Waals surface area (Å²) in [5, 5.41) is 21.4. The van der Waals surface area contributed by atoms with Crippen LogP contribution in [-0.2, 0) is 17.8 Å². The molecule has 1 N–H and O–H groups in total. The second-order valence-corrected chi connectivity index (χ2v) is 11.8. The molecule has 2 atom stereocenters. The fourth-order valence-corrected chi connectivity index (χ4v) is 6.75. The average molecular weight is 604 g/mol. The van der Waals surface area contributed by atoms with Crippen molar-refractivity contribution in [3.8, 4) is 12.1 Å². The van der Waals surface area contributed by atoms with Crippen LogP contribution >= 0.6 is 11.6 Å². The van der Waals surface area contributed by atoms with E-state index in [1.54, 1.807) is 4.90 Å². The third-order valence-corrected chi connectivity index (χ3v) is 9.12. The number of hydrogen-bond donors (Lipinski definition) is 1. The van der Waals surface area contributed by atoms with E-state index in [2.05, 4.69) is 18.0 Å². The zero-order chi connectivity index (χ0) is 30.1. The zero-order valence-corrected chi connectivity index (χ0v) is 24.8. The molecule has 3 aromatic rings. The van der Waals surface area contributed by atoms with E-state index in [0.29, 0.717) is 42.7 Å². The van der Waals surface area contributed by atoms with Gasteiger partial charge in [-0.2, -0.15) is 15.2 Å². The summed E-state index contributed by atoms with van der Waals surface area (Å²) < 4.78 is 6.22. The van der Waals surface area contributed by atoms with Crippen LogP contribution in [0.15, 0.2) is 36.4 Å². The lowest BCUT2D eigenvalue weighted by Gasteiger charge is -2.40. The summed E-state index contributed by atoms with van der Waals surface area (Å²) in [4.78, 5) is 42.6. The quantitative estimate of drug-likeness (QED) is 0.438. The molecule has 0 radical (unpaired) electrons. The van der Waals surface area contributed by atoms with Gasteiger partial charge in [-0.25, -0.2) is 4.79 Å². The number of likely N-dealkylation sites (N-methyl/N-ethyl adjacent to an activating group) is 1. The lowest BCUT2D eigenvalue weighted by Crippen LogP contribution is -2.55. The van der Waals surface area contributed by atoms with E-state index in [1.807, 2.05) is 41.3 Å². The van der Waals surface area contributed by atoms with Gasteiger partial charge in [0.2, 0.25) is 5.91 Å². The second-order valence-electron chi connectivity index (χ2n) is 11.4.